The fourth-order valence-corrected chi connectivity index (χ4v) is 9.36. The van der Waals surface area contributed by atoms with Gasteiger partial charge in [0.05, 0.1) is 33.9 Å². The average molecular weight is 729 g/mol. The molecule has 0 atom stereocenters. The Morgan fingerprint density at radius 1 is 0.691 bits per heavy atom. The number of ether oxygens (including phenoxy) is 1. The normalized spacial score (nSPS) is 14.6. The highest BCUT2D eigenvalue weighted by Gasteiger charge is 2.38. The summed E-state index contributed by atoms with van der Waals surface area (Å²) in [5.41, 5.74) is 28.4. The largest absolute Gasteiger partial charge is 0.455 e. The van der Waals surface area contributed by atoms with Crippen LogP contribution in [0.1, 0.15) is 130 Å². The number of amidine groups is 1. The van der Waals surface area contributed by atoms with Crippen molar-refractivity contribution in [1.29, 1.82) is 5.41 Å². The van der Waals surface area contributed by atoms with E-state index in [0.29, 0.717) is 11.3 Å². The summed E-state index contributed by atoms with van der Waals surface area (Å²) in [5, 5.41) is 8.47. The van der Waals surface area contributed by atoms with E-state index in [4.69, 9.17) is 25.8 Å². The Morgan fingerprint density at radius 3 is 1.93 bits per heavy atom. The number of hydrogen-bond donors (Lipinski definition) is 4. The molecular weight excluding hydrogens is 677 g/mol. The molecular formula is C48H52N6O. The van der Waals surface area contributed by atoms with E-state index in [0.717, 1.165) is 104 Å². The Bertz CT molecular complexity index is 2710. The number of aromatic amines is 2. The zero-order chi connectivity index (χ0) is 39.1. The SMILES string of the molecule is CCC1=C(C)c2cc3[nH]c(cc4nc(c(-c5cccc6c5Oc5c(C(=N)N)cccc5C6(C)C)c5[nH]c(cc1n2)c(CC)c5C)C(C)=C4CC)c(CC)c3C. The Balaban J connectivity index is 1.58. The molecule has 6 heterocycles. The second-order valence-corrected chi connectivity index (χ2v) is 15.7. The Labute approximate surface area is 324 Å². The zero-order valence-corrected chi connectivity index (χ0v) is 33.9. The lowest BCUT2D eigenvalue weighted by Gasteiger charge is -2.36. The van der Waals surface area contributed by atoms with Gasteiger partial charge in [0, 0.05) is 44.2 Å². The standard InChI is InChI=1S/C48H52N6O/c1-11-28-24(5)36-21-37-25(6)29(12-2)39(52-37)23-41-31(14-4)27(8)44(54-41)42(43-26(7)30(13-3)40(53-43)22-38(28)51-36)32-17-15-19-34-45(32)55-46-33(47(49)50)18-16-20-35(46)48(34,9)10/h15-23,51,54H,11-14H2,1-10H3,(H3,49,50). The Kier molecular flexibility index (Phi) is 8.75. The van der Waals surface area contributed by atoms with Gasteiger partial charge < -0.3 is 20.4 Å². The molecule has 2 aromatic carbocycles. The molecule has 0 saturated heterocycles. The number of aryl methyl sites for hydroxylation is 4. The van der Waals surface area contributed by atoms with Crippen molar-refractivity contribution in [2.75, 3.05) is 0 Å². The van der Waals surface area contributed by atoms with Crippen LogP contribution in [0.2, 0.25) is 0 Å². The number of nitrogen functional groups attached to an aromatic ring is 1. The van der Waals surface area contributed by atoms with Crippen molar-refractivity contribution in [2.45, 2.75) is 100 Å². The van der Waals surface area contributed by atoms with E-state index in [1.54, 1.807) is 0 Å². The number of nitrogens with zero attached hydrogens (tertiary/aromatic N) is 2. The molecule has 0 unspecified atom stereocenters. The summed E-state index contributed by atoms with van der Waals surface area (Å²) in [6.45, 7) is 22.2. The Hall–Kier alpha value is -5.69. The third-order valence-electron chi connectivity index (χ3n) is 12.5. The lowest BCUT2D eigenvalue weighted by molar-refractivity contribution is 0.418. The molecule has 8 bridgehead atoms. The number of benzene rings is 2. The summed E-state index contributed by atoms with van der Waals surface area (Å²) in [6, 6.07) is 19.1. The van der Waals surface area contributed by atoms with Crippen molar-refractivity contribution in [3.05, 3.63) is 116 Å². The molecule has 7 heteroatoms. The van der Waals surface area contributed by atoms with Gasteiger partial charge in [-0.05, 0) is 122 Å². The number of nitrogens with one attached hydrogen (secondary N) is 3. The molecule has 0 fully saturated rings. The molecule has 280 valence electrons. The van der Waals surface area contributed by atoms with Gasteiger partial charge >= 0.3 is 0 Å². The van der Waals surface area contributed by atoms with Crippen LogP contribution in [0.3, 0.4) is 0 Å². The van der Waals surface area contributed by atoms with E-state index < -0.39 is 5.41 Å². The molecule has 3 aliphatic heterocycles. The number of H-pyrrole nitrogens is 2. The van der Waals surface area contributed by atoms with Gasteiger partial charge in [0.15, 0.2) is 0 Å². The smallest absolute Gasteiger partial charge is 0.142 e. The van der Waals surface area contributed by atoms with Crippen molar-refractivity contribution in [2.24, 2.45) is 5.73 Å². The fraction of sp³-hybridized carbons (Fsp3) is 0.312. The highest BCUT2D eigenvalue weighted by molar-refractivity contribution is 6.03. The second kappa shape index (κ2) is 13.3. The van der Waals surface area contributed by atoms with Gasteiger partial charge in [-0.1, -0.05) is 71.9 Å². The minimum Gasteiger partial charge on any atom is -0.455 e. The van der Waals surface area contributed by atoms with Gasteiger partial charge in [-0.2, -0.15) is 0 Å². The highest BCUT2D eigenvalue weighted by Crippen LogP contribution is 2.54. The number of hydrogen-bond acceptors (Lipinski definition) is 4. The minimum atomic E-state index is -0.421. The minimum absolute atomic E-state index is 0.0158. The molecule has 0 saturated carbocycles. The molecule has 3 aliphatic rings. The topological polar surface area (TPSA) is 116 Å². The monoisotopic (exact) mass is 728 g/mol. The third kappa shape index (κ3) is 5.42. The van der Waals surface area contributed by atoms with Gasteiger partial charge in [0.2, 0.25) is 0 Å². The van der Waals surface area contributed by atoms with Crippen LogP contribution in [0.5, 0.6) is 11.5 Å². The van der Waals surface area contributed by atoms with Crippen LogP contribution in [-0.4, -0.2) is 25.8 Å². The first kappa shape index (κ1) is 36.3. The van der Waals surface area contributed by atoms with Crippen molar-refractivity contribution in [1.82, 2.24) is 19.9 Å². The molecule has 0 spiro atoms. The number of aromatic nitrogens is 4. The summed E-state index contributed by atoms with van der Waals surface area (Å²) in [4.78, 5) is 18.6. The van der Waals surface area contributed by atoms with E-state index in [9.17, 15) is 0 Å². The number of fused-ring (bicyclic) bond motifs is 10. The van der Waals surface area contributed by atoms with Crippen molar-refractivity contribution in [3.8, 4) is 22.6 Å². The number of allylic oxidation sites excluding steroid dienone is 4. The van der Waals surface area contributed by atoms with Crippen LogP contribution < -0.4 is 10.5 Å². The predicted molar refractivity (Wildman–Crippen MR) is 230 cm³/mol. The molecule has 5 N–H and O–H groups in total. The first-order valence-electron chi connectivity index (χ1n) is 19.8. The summed E-state index contributed by atoms with van der Waals surface area (Å²) in [7, 11) is 0. The van der Waals surface area contributed by atoms with Crippen LogP contribution >= 0.6 is 0 Å². The second-order valence-electron chi connectivity index (χ2n) is 15.7. The maximum absolute atomic E-state index is 8.47. The van der Waals surface area contributed by atoms with Crippen LogP contribution in [0.15, 0.2) is 54.6 Å². The van der Waals surface area contributed by atoms with Gasteiger partial charge in [-0.15, -0.1) is 0 Å². The van der Waals surface area contributed by atoms with Crippen LogP contribution in [-0.2, 0) is 18.3 Å². The average Bonchev–Trinajstić information content (AvgIpc) is 3.84. The Morgan fingerprint density at radius 2 is 1.27 bits per heavy atom. The van der Waals surface area contributed by atoms with Crippen LogP contribution in [0, 0.1) is 19.3 Å². The lowest BCUT2D eigenvalue weighted by atomic mass is 9.74. The van der Waals surface area contributed by atoms with Crippen LogP contribution in [0.25, 0.3) is 55.5 Å². The van der Waals surface area contributed by atoms with E-state index in [2.05, 4.69) is 122 Å². The maximum atomic E-state index is 8.47. The van der Waals surface area contributed by atoms with E-state index in [1.165, 1.54) is 39.0 Å². The third-order valence-corrected chi connectivity index (χ3v) is 12.5. The zero-order valence-electron chi connectivity index (χ0n) is 33.9. The summed E-state index contributed by atoms with van der Waals surface area (Å²) in [5.74, 6) is 1.39. The van der Waals surface area contributed by atoms with Crippen molar-refractivity contribution >= 4 is 50.2 Å². The summed E-state index contributed by atoms with van der Waals surface area (Å²) >= 11 is 0. The molecule has 0 radical (unpaired) electrons. The number of para-hydroxylation sites is 2. The van der Waals surface area contributed by atoms with Gasteiger partial charge in [-0.3, -0.25) is 5.41 Å². The predicted octanol–water partition coefficient (Wildman–Crippen LogP) is 12.1. The maximum Gasteiger partial charge on any atom is 0.142 e. The van der Waals surface area contributed by atoms with Crippen molar-refractivity contribution < 1.29 is 4.74 Å². The van der Waals surface area contributed by atoms with Crippen LogP contribution in [0.4, 0.5) is 0 Å². The quantitative estimate of drug-likeness (QED) is 0.103. The van der Waals surface area contributed by atoms with Crippen molar-refractivity contribution in [3.63, 3.8) is 0 Å². The van der Waals surface area contributed by atoms with Gasteiger partial charge in [-0.25, -0.2) is 9.97 Å². The van der Waals surface area contributed by atoms with E-state index in [-0.39, 0.29) is 5.84 Å². The summed E-state index contributed by atoms with van der Waals surface area (Å²) < 4.78 is 7.03. The molecule has 55 heavy (non-hydrogen) atoms. The molecule has 0 aliphatic carbocycles. The summed E-state index contributed by atoms with van der Waals surface area (Å²) in [6.07, 6.45) is 3.48. The van der Waals surface area contributed by atoms with E-state index in [1.807, 2.05) is 12.1 Å². The highest BCUT2D eigenvalue weighted by atomic mass is 16.5. The molecule has 8 rings (SSSR count). The fourth-order valence-electron chi connectivity index (χ4n) is 9.36. The van der Waals surface area contributed by atoms with Gasteiger partial charge in [0.1, 0.15) is 17.3 Å². The lowest BCUT2D eigenvalue weighted by Crippen LogP contribution is -2.26. The first-order valence-corrected chi connectivity index (χ1v) is 19.8. The van der Waals surface area contributed by atoms with Gasteiger partial charge in [0.25, 0.3) is 0 Å². The first-order chi connectivity index (χ1) is 26.3. The number of rotatable bonds is 6. The van der Waals surface area contributed by atoms with E-state index >= 15 is 0 Å². The molecule has 5 aromatic rings. The number of nitrogens with two attached hydrogens (primary N) is 1. The molecule has 3 aromatic heterocycles. The molecule has 7 nitrogen and oxygen atoms in total. The molecule has 0 amide bonds.